The number of aryl methyl sites for hydroxylation is 2. The Hall–Kier alpha value is -1.59. The minimum absolute atomic E-state index is 0.332. The highest BCUT2D eigenvalue weighted by Crippen LogP contribution is 2.32. The van der Waals surface area contributed by atoms with Gasteiger partial charge in [0.25, 0.3) is 0 Å². The molecule has 1 aromatic carbocycles. The molecule has 132 valence electrons. The molecule has 0 N–H and O–H groups in total. The molecule has 0 fully saturated rings. The molecule has 0 aliphatic carbocycles. The molecule has 0 atom stereocenters. The largest absolute Gasteiger partial charge is 0.299 e. The van der Waals surface area contributed by atoms with E-state index in [-0.39, 0.29) is 0 Å². The third-order valence-electron chi connectivity index (χ3n) is 4.21. The maximum absolute atomic E-state index is 4.51. The molecule has 0 aliphatic rings. The standard InChI is InChI=1S/C20H25N3S2/c1-5-8-18-11-17(13-24-18)19-21-22-20(23(19)14(2)3)25-12-16-10-7-6-9-15(16)4/h6-7,9-11,13-14H,5,8,12H2,1-4H3. The predicted molar refractivity (Wildman–Crippen MR) is 108 cm³/mol. The Morgan fingerprint density at radius 1 is 1.20 bits per heavy atom. The van der Waals surface area contributed by atoms with Gasteiger partial charge < -0.3 is 0 Å². The van der Waals surface area contributed by atoms with Crippen LogP contribution in [0.25, 0.3) is 11.4 Å². The second kappa shape index (κ2) is 8.19. The molecule has 0 bridgehead atoms. The molecule has 0 unspecified atom stereocenters. The van der Waals surface area contributed by atoms with E-state index in [0.717, 1.165) is 23.2 Å². The van der Waals surface area contributed by atoms with Crippen LogP contribution in [0.15, 0.2) is 40.9 Å². The van der Waals surface area contributed by atoms with Crippen molar-refractivity contribution in [1.29, 1.82) is 0 Å². The summed E-state index contributed by atoms with van der Waals surface area (Å²) >= 11 is 3.59. The monoisotopic (exact) mass is 371 g/mol. The van der Waals surface area contributed by atoms with Crippen molar-refractivity contribution in [2.24, 2.45) is 0 Å². The summed E-state index contributed by atoms with van der Waals surface area (Å²) in [7, 11) is 0. The Balaban J connectivity index is 1.85. The normalized spacial score (nSPS) is 11.4. The molecule has 0 aliphatic heterocycles. The fourth-order valence-corrected chi connectivity index (χ4v) is 4.94. The number of aromatic nitrogens is 3. The lowest BCUT2D eigenvalue weighted by Gasteiger charge is -2.13. The van der Waals surface area contributed by atoms with Crippen molar-refractivity contribution >= 4 is 23.1 Å². The molecular formula is C20H25N3S2. The van der Waals surface area contributed by atoms with Crippen LogP contribution >= 0.6 is 23.1 Å². The SMILES string of the molecule is CCCc1cc(-c2nnc(SCc3ccccc3C)n2C(C)C)cs1. The highest BCUT2D eigenvalue weighted by molar-refractivity contribution is 7.98. The van der Waals surface area contributed by atoms with E-state index in [4.69, 9.17) is 0 Å². The van der Waals surface area contributed by atoms with Crippen molar-refractivity contribution in [3.63, 3.8) is 0 Å². The first kappa shape index (κ1) is 18.2. The van der Waals surface area contributed by atoms with E-state index in [1.165, 1.54) is 28.0 Å². The van der Waals surface area contributed by atoms with Gasteiger partial charge in [0.05, 0.1) is 0 Å². The minimum Gasteiger partial charge on any atom is -0.299 e. The van der Waals surface area contributed by atoms with E-state index in [1.54, 1.807) is 11.8 Å². The molecule has 25 heavy (non-hydrogen) atoms. The van der Waals surface area contributed by atoms with Gasteiger partial charge in [-0.2, -0.15) is 0 Å². The van der Waals surface area contributed by atoms with Gasteiger partial charge in [-0.1, -0.05) is 49.4 Å². The van der Waals surface area contributed by atoms with Crippen LogP contribution in [0.5, 0.6) is 0 Å². The number of hydrogen-bond donors (Lipinski definition) is 0. The van der Waals surface area contributed by atoms with Crippen LogP contribution in [0.1, 0.15) is 49.2 Å². The number of benzene rings is 1. The zero-order valence-corrected chi connectivity index (χ0v) is 17.0. The van der Waals surface area contributed by atoms with Gasteiger partial charge in [-0.05, 0) is 44.4 Å². The van der Waals surface area contributed by atoms with E-state index in [0.29, 0.717) is 6.04 Å². The molecule has 2 heterocycles. The van der Waals surface area contributed by atoms with Gasteiger partial charge in [-0.25, -0.2) is 0 Å². The summed E-state index contributed by atoms with van der Waals surface area (Å²) in [4.78, 5) is 1.42. The first-order chi connectivity index (χ1) is 12.1. The first-order valence-corrected chi connectivity index (χ1v) is 10.7. The number of thioether (sulfide) groups is 1. The minimum atomic E-state index is 0.332. The van der Waals surface area contributed by atoms with Crippen molar-refractivity contribution in [3.8, 4) is 11.4 Å². The highest BCUT2D eigenvalue weighted by Gasteiger charge is 2.18. The van der Waals surface area contributed by atoms with Gasteiger partial charge in [0.1, 0.15) is 0 Å². The van der Waals surface area contributed by atoms with Gasteiger partial charge >= 0.3 is 0 Å². The fraction of sp³-hybridized carbons (Fsp3) is 0.400. The molecule has 2 aromatic heterocycles. The summed E-state index contributed by atoms with van der Waals surface area (Å²) in [5.74, 6) is 1.91. The van der Waals surface area contributed by atoms with E-state index >= 15 is 0 Å². The molecule has 3 nitrogen and oxygen atoms in total. The Kier molecular flexibility index (Phi) is 5.97. The smallest absolute Gasteiger partial charge is 0.192 e. The van der Waals surface area contributed by atoms with Crippen LogP contribution in [0.3, 0.4) is 0 Å². The zero-order valence-electron chi connectivity index (χ0n) is 15.3. The average molecular weight is 372 g/mol. The maximum Gasteiger partial charge on any atom is 0.192 e. The first-order valence-electron chi connectivity index (χ1n) is 8.80. The van der Waals surface area contributed by atoms with Crippen LogP contribution in [-0.2, 0) is 12.2 Å². The molecule has 3 rings (SSSR count). The lowest BCUT2D eigenvalue weighted by molar-refractivity contribution is 0.555. The summed E-state index contributed by atoms with van der Waals surface area (Å²) in [5.41, 5.74) is 3.87. The van der Waals surface area contributed by atoms with Crippen molar-refractivity contribution in [2.75, 3.05) is 0 Å². The van der Waals surface area contributed by atoms with Crippen molar-refractivity contribution in [2.45, 2.75) is 57.5 Å². The Labute approximate surface area is 158 Å². The van der Waals surface area contributed by atoms with E-state index in [1.807, 2.05) is 11.3 Å². The summed E-state index contributed by atoms with van der Waals surface area (Å²) in [6.07, 6.45) is 2.31. The van der Waals surface area contributed by atoms with E-state index in [2.05, 4.69) is 78.2 Å². The summed E-state index contributed by atoms with van der Waals surface area (Å²) in [6, 6.07) is 11.1. The molecule has 0 spiro atoms. The second-order valence-electron chi connectivity index (χ2n) is 6.54. The van der Waals surface area contributed by atoms with Crippen molar-refractivity contribution < 1.29 is 0 Å². The third kappa shape index (κ3) is 4.15. The van der Waals surface area contributed by atoms with Crippen LogP contribution in [-0.4, -0.2) is 14.8 Å². The van der Waals surface area contributed by atoms with Crippen LogP contribution in [0, 0.1) is 6.92 Å². The molecule has 0 saturated heterocycles. The summed E-state index contributed by atoms with van der Waals surface area (Å²) < 4.78 is 2.26. The van der Waals surface area contributed by atoms with Gasteiger partial charge in [0, 0.05) is 27.6 Å². The van der Waals surface area contributed by atoms with Gasteiger partial charge in [0.2, 0.25) is 0 Å². The molecular weight excluding hydrogens is 346 g/mol. The lowest BCUT2D eigenvalue weighted by Crippen LogP contribution is -2.05. The quantitative estimate of drug-likeness (QED) is 0.467. The van der Waals surface area contributed by atoms with Gasteiger partial charge in [0.15, 0.2) is 11.0 Å². The van der Waals surface area contributed by atoms with Crippen LogP contribution < -0.4 is 0 Å². The zero-order chi connectivity index (χ0) is 17.8. The van der Waals surface area contributed by atoms with Gasteiger partial charge in [-0.3, -0.25) is 4.57 Å². The van der Waals surface area contributed by atoms with E-state index in [9.17, 15) is 0 Å². The summed E-state index contributed by atoms with van der Waals surface area (Å²) in [5, 5.41) is 12.2. The molecule has 0 radical (unpaired) electrons. The van der Waals surface area contributed by atoms with E-state index < -0.39 is 0 Å². The van der Waals surface area contributed by atoms with Gasteiger partial charge in [-0.15, -0.1) is 21.5 Å². The average Bonchev–Trinajstić information content (AvgIpc) is 3.21. The maximum atomic E-state index is 4.51. The van der Waals surface area contributed by atoms with Crippen molar-refractivity contribution in [3.05, 3.63) is 51.7 Å². The highest BCUT2D eigenvalue weighted by atomic mass is 32.2. The van der Waals surface area contributed by atoms with Crippen molar-refractivity contribution in [1.82, 2.24) is 14.8 Å². The molecule has 3 aromatic rings. The molecule has 5 heteroatoms. The third-order valence-corrected chi connectivity index (χ3v) is 6.20. The Bertz CT molecular complexity index is 833. The number of nitrogens with zero attached hydrogens (tertiary/aromatic N) is 3. The second-order valence-corrected chi connectivity index (χ2v) is 8.48. The topological polar surface area (TPSA) is 30.7 Å². The Morgan fingerprint density at radius 2 is 2.00 bits per heavy atom. The van der Waals surface area contributed by atoms with Crippen LogP contribution in [0.4, 0.5) is 0 Å². The lowest BCUT2D eigenvalue weighted by atomic mass is 10.1. The Morgan fingerprint density at radius 3 is 2.72 bits per heavy atom. The molecule has 0 saturated carbocycles. The number of thiophene rings is 1. The van der Waals surface area contributed by atoms with Crippen LogP contribution in [0.2, 0.25) is 0 Å². The number of hydrogen-bond acceptors (Lipinski definition) is 4. The summed E-state index contributed by atoms with van der Waals surface area (Å²) in [6.45, 7) is 8.78. The fourth-order valence-electron chi connectivity index (χ4n) is 2.83. The molecule has 0 amide bonds. The number of rotatable bonds is 7. The predicted octanol–water partition coefficient (Wildman–Crippen LogP) is 6.14.